The van der Waals surface area contributed by atoms with E-state index in [0.717, 1.165) is 25.2 Å². The van der Waals surface area contributed by atoms with Crippen LogP contribution in [0.25, 0.3) is 0 Å². The van der Waals surface area contributed by atoms with Gasteiger partial charge in [0, 0.05) is 12.6 Å². The molecule has 0 aromatic carbocycles. The predicted octanol–water partition coefficient (Wildman–Crippen LogP) is 3.11. The third-order valence-electron chi connectivity index (χ3n) is 4.26. The molecule has 3 heteroatoms. The van der Waals surface area contributed by atoms with Gasteiger partial charge >= 0.3 is 0 Å². The van der Waals surface area contributed by atoms with Crippen LogP contribution < -0.4 is 5.32 Å². The van der Waals surface area contributed by atoms with Gasteiger partial charge in [0.25, 0.3) is 0 Å². The van der Waals surface area contributed by atoms with Gasteiger partial charge < -0.3 is 15.2 Å². The Labute approximate surface area is 119 Å². The highest BCUT2D eigenvalue weighted by atomic mass is 16.5. The minimum Gasteiger partial charge on any atom is -0.389 e. The summed E-state index contributed by atoms with van der Waals surface area (Å²) in [5, 5.41) is 13.4. The van der Waals surface area contributed by atoms with Crippen molar-refractivity contribution in [3.63, 3.8) is 0 Å². The van der Waals surface area contributed by atoms with Gasteiger partial charge in [0.2, 0.25) is 0 Å². The highest BCUT2D eigenvalue weighted by Crippen LogP contribution is 2.25. The summed E-state index contributed by atoms with van der Waals surface area (Å²) >= 11 is 0. The maximum atomic E-state index is 9.96. The first-order valence-electron chi connectivity index (χ1n) is 8.18. The molecule has 0 aromatic rings. The Balaban J connectivity index is 2.08. The number of hydrogen-bond donors (Lipinski definition) is 2. The molecule has 0 aliphatic heterocycles. The molecule has 3 nitrogen and oxygen atoms in total. The third kappa shape index (κ3) is 7.28. The lowest BCUT2D eigenvalue weighted by molar-refractivity contribution is -0.0284. The Morgan fingerprint density at radius 1 is 1.21 bits per heavy atom. The average Bonchev–Trinajstić information content (AvgIpc) is 2.42. The van der Waals surface area contributed by atoms with Gasteiger partial charge in [-0.1, -0.05) is 27.2 Å². The van der Waals surface area contributed by atoms with E-state index < -0.39 is 0 Å². The number of nitrogens with one attached hydrogen (secondary N) is 1. The van der Waals surface area contributed by atoms with Crippen LogP contribution in [0.4, 0.5) is 0 Å². The van der Waals surface area contributed by atoms with Gasteiger partial charge in [-0.15, -0.1) is 0 Å². The third-order valence-corrected chi connectivity index (χ3v) is 4.26. The maximum absolute atomic E-state index is 9.96. The summed E-state index contributed by atoms with van der Waals surface area (Å²) in [5.41, 5.74) is 0. The first-order valence-corrected chi connectivity index (χ1v) is 8.18. The van der Waals surface area contributed by atoms with Crippen LogP contribution in [-0.2, 0) is 4.74 Å². The van der Waals surface area contributed by atoms with Crippen molar-refractivity contribution in [1.29, 1.82) is 0 Å². The molecular formula is C16H33NO2. The zero-order chi connectivity index (χ0) is 14.1. The fraction of sp³-hybridized carbons (Fsp3) is 1.00. The Hall–Kier alpha value is -0.120. The highest BCUT2D eigenvalue weighted by Gasteiger charge is 2.19. The molecule has 2 unspecified atom stereocenters. The molecule has 1 fully saturated rings. The van der Waals surface area contributed by atoms with E-state index >= 15 is 0 Å². The maximum Gasteiger partial charge on any atom is 0.0897 e. The Morgan fingerprint density at radius 3 is 2.47 bits per heavy atom. The largest absolute Gasteiger partial charge is 0.389 e. The second-order valence-electron chi connectivity index (χ2n) is 6.17. The summed E-state index contributed by atoms with van der Waals surface area (Å²) in [6, 6.07) is 0.537. The molecule has 2 N–H and O–H groups in total. The molecule has 1 rings (SSSR count). The van der Waals surface area contributed by atoms with Crippen molar-refractivity contribution >= 4 is 0 Å². The van der Waals surface area contributed by atoms with Crippen LogP contribution in [0.1, 0.15) is 65.7 Å². The van der Waals surface area contributed by atoms with Crippen molar-refractivity contribution in [3.05, 3.63) is 0 Å². The molecule has 114 valence electrons. The van der Waals surface area contributed by atoms with Crippen LogP contribution >= 0.6 is 0 Å². The minimum atomic E-state index is -0.370. The Kier molecular flexibility index (Phi) is 8.67. The smallest absolute Gasteiger partial charge is 0.0897 e. The first-order chi connectivity index (χ1) is 9.15. The Bertz CT molecular complexity index is 215. The summed E-state index contributed by atoms with van der Waals surface area (Å²) in [7, 11) is 0. The molecule has 0 amide bonds. The standard InChI is InChI=1S/C16H33NO2/c1-4-6-14(5-2)17-11-15(18)12-19-16-9-7-13(3)8-10-16/h13-18H,4-12H2,1-3H3. The zero-order valence-corrected chi connectivity index (χ0v) is 13.0. The van der Waals surface area contributed by atoms with Crippen molar-refractivity contribution in [1.82, 2.24) is 5.32 Å². The van der Waals surface area contributed by atoms with Gasteiger partial charge in [-0.25, -0.2) is 0 Å². The van der Waals surface area contributed by atoms with Crippen LogP contribution in [0.15, 0.2) is 0 Å². The summed E-state index contributed by atoms with van der Waals surface area (Å²) in [6.45, 7) is 7.84. The fourth-order valence-corrected chi connectivity index (χ4v) is 2.80. The van der Waals surface area contributed by atoms with Crippen LogP contribution in [0.2, 0.25) is 0 Å². The van der Waals surface area contributed by atoms with E-state index in [1.165, 1.54) is 25.7 Å². The number of aliphatic hydroxyl groups is 1. The van der Waals surface area contributed by atoms with Crippen molar-refractivity contribution < 1.29 is 9.84 Å². The van der Waals surface area contributed by atoms with Crippen molar-refractivity contribution in [2.24, 2.45) is 5.92 Å². The second kappa shape index (κ2) is 9.73. The lowest BCUT2D eigenvalue weighted by atomic mass is 9.89. The average molecular weight is 271 g/mol. The molecule has 0 radical (unpaired) electrons. The van der Waals surface area contributed by atoms with Gasteiger partial charge in [0.05, 0.1) is 18.8 Å². The van der Waals surface area contributed by atoms with Crippen molar-refractivity contribution in [2.75, 3.05) is 13.2 Å². The SMILES string of the molecule is CCCC(CC)NCC(O)COC1CCC(C)CC1. The molecule has 2 atom stereocenters. The summed E-state index contributed by atoms with van der Waals surface area (Å²) in [5.74, 6) is 0.853. The molecule has 1 saturated carbocycles. The molecule has 0 aromatic heterocycles. The van der Waals surface area contributed by atoms with E-state index in [1.54, 1.807) is 0 Å². The van der Waals surface area contributed by atoms with E-state index in [9.17, 15) is 5.11 Å². The lowest BCUT2D eigenvalue weighted by Crippen LogP contribution is -2.38. The summed E-state index contributed by atoms with van der Waals surface area (Å²) in [4.78, 5) is 0. The van der Waals surface area contributed by atoms with Crippen LogP contribution in [0.5, 0.6) is 0 Å². The molecule has 0 saturated heterocycles. The second-order valence-corrected chi connectivity index (χ2v) is 6.17. The monoisotopic (exact) mass is 271 g/mol. The van der Waals surface area contributed by atoms with E-state index in [2.05, 4.69) is 26.1 Å². The topological polar surface area (TPSA) is 41.5 Å². The van der Waals surface area contributed by atoms with Gasteiger partial charge in [-0.05, 0) is 44.4 Å². The molecule has 1 aliphatic rings. The number of rotatable bonds is 9. The molecular weight excluding hydrogens is 238 g/mol. The van der Waals surface area contributed by atoms with E-state index in [-0.39, 0.29) is 6.10 Å². The van der Waals surface area contributed by atoms with Crippen molar-refractivity contribution in [2.45, 2.75) is 84.0 Å². The molecule has 1 aliphatic carbocycles. The van der Waals surface area contributed by atoms with Gasteiger partial charge in [-0.3, -0.25) is 0 Å². The minimum absolute atomic E-state index is 0.370. The normalized spacial score (nSPS) is 27.2. The molecule has 0 spiro atoms. The van der Waals surface area contributed by atoms with Crippen LogP contribution in [0.3, 0.4) is 0 Å². The van der Waals surface area contributed by atoms with E-state index in [0.29, 0.717) is 25.3 Å². The molecule has 0 heterocycles. The molecule has 0 bridgehead atoms. The van der Waals surface area contributed by atoms with Gasteiger partial charge in [-0.2, -0.15) is 0 Å². The highest BCUT2D eigenvalue weighted by molar-refractivity contribution is 4.72. The number of hydrogen-bond acceptors (Lipinski definition) is 3. The lowest BCUT2D eigenvalue weighted by Gasteiger charge is -2.27. The summed E-state index contributed by atoms with van der Waals surface area (Å²) < 4.78 is 5.83. The number of aliphatic hydroxyl groups excluding tert-OH is 1. The van der Waals surface area contributed by atoms with Crippen LogP contribution in [0, 0.1) is 5.92 Å². The quantitative estimate of drug-likeness (QED) is 0.677. The van der Waals surface area contributed by atoms with E-state index in [4.69, 9.17) is 4.74 Å². The first kappa shape index (κ1) is 16.9. The Morgan fingerprint density at radius 2 is 1.89 bits per heavy atom. The number of ether oxygens (including phenoxy) is 1. The predicted molar refractivity (Wildman–Crippen MR) is 80.4 cm³/mol. The van der Waals surface area contributed by atoms with Crippen molar-refractivity contribution in [3.8, 4) is 0 Å². The zero-order valence-electron chi connectivity index (χ0n) is 13.0. The van der Waals surface area contributed by atoms with E-state index in [1.807, 2.05) is 0 Å². The fourth-order valence-electron chi connectivity index (χ4n) is 2.80. The summed E-state index contributed by atoms with van der Waals surface area (Å²) in [6.07, 6.45) is 8.38. The van der Waals surface area contributed by atoms with Gasteiger partial charge in [0.15, 0.2) is 0 Å². The van der Waals surface area contributed by atoms with Crippen LogP contribution in [-0.4, -0.2) is 36.5 Å². The molecule has 19 heavy (non-hydrogen) atoms. The van der Waals surface area contributed by atoms with Gasteiger partial charge in [0.1, 0.15) is 0 Å².